The summed E-state index contributed by atoms with van der Waals surface area (Å²) in [6.45, 7) is 12.1. The first-order chi connectivity index (χ1) is 25.6. The van der Waals surface area contributed by atoms with E-state index >= 15 is 0 Å². The lowest BCUT2D eigenvalue weighted by Gasteiger charge is -2.59. The maximum Gasteiger partial charge on any atom is 0.344 e. The molecule has 11 atom stereocenters. The van der Waals surface area contributed by atoms with Crippen LogP contribution in [0.3, 0.4) is 0 Å². The summed E-state index contributed by atoms with van der Waals surface area (Å²) in [6.07, 6.45) is -5.74. The normalized spacial score (nSPS) is 35.1. The van der Waals surface area contributed by atoms with Crippen LogP contribution in [0, 0.1) is 29.1 Å². The molecule has 4 aliphatic rings. The Bertz CT molecular complexity index is 1600. The standard InChI is InChI=1S/C38H51ClO16/c1-18(2)12-27(43)48-16-29(45)53-25-11-10-24(15-39)14-26-38(47,20(5)35(46)54-26)34(52-23(8)42)31-36(25,9)32(51-22(7)41)30(50-21(6)40)33(37(31)17-49-37)55-28(44)13-19(3)4/h10-11,14,18-20,25-26,30-34,47H,12-13,15-17H2,1-9H3. The molecule has 1 saturated carbocycles. The van der Waals surface area contributed by atoms with Crippen LogP contribution in [-0.4, -0.2) is 114 Å². The summed E-state index contributed by atoms with van der Waals surface area (Å²) in [4.78, 5) is 91.9. The highest BCUT2D eigenvalue weighted by Gasteiger charge is 2.81. The van der Waals surface area contributed by atoms with Crippen LogP contribution in [0.5, 0.6) is 0 Å². The van der Waals surface area contributed by atoms with E-state index in [1.165, 1.54) is 32.1 Å². The van der Waals surface area contributed by atoms with Crippen molar-refractivity contribution in [1.82, 2.24) is 0 Å². The first kappa shape index (κ1) is 43.7. The van der Waals surface area contributed by atoms with Gasteiger partial charge >= 0.3 is 41.8 Å². The number of carbonyl (C=O) groups is 7. The number of epoxide rings is 1. The Morgan fingerprint density at radius 1 is 0.855 bits per heavy atom. The minimum absolute atomic E-state index is 0.0123. The second-order valence-corrected chi connectivity index (χ2v) is 15.9. The third kappa shape index (κ3) is 9.01. The fourth-order valence-corrected chi connectivity index (χ4v) is 8.15. The number of hydrogen-bond acceptors (Lipinski definition) is 16. The van der Waals surface area contributed by atoms with Crippen molar-refractivity contribution in [1.29, 1.82) is 0 Å². The number of hydrogen-bond donors (Lipinski definition) is 1. The highest BCUT2D eigenvalue weighted by atomic mass is 35.5. The smallest absolute Gasteiger partial charge is 0.344 e. The summed E-state index contributed by atoms with van der Waals surface area (Å²) in [5.41, 5.74) is -5.95. The van der Waals surface area contributed by atoms with E-state index in [0.717, 1.165) is 20.8 Å². The maximum absolute atomic E-state index is 13.6. The second-order valence-electron chi connectivity index (χ2n) is 15.6. The van der Waals surface area contributed by atoms with Crippen LogP contribution in [0.15, 0.2) is 23.8 Å². The average Bonchev–Trinajstić information content (AvgIpc) is 3.82. The van der Waals surface area contributed by atoms with Crippen LogP contribution in [0.1, 0.15) is 75.2 Å². The Morgan fingerprint density at radius 3 is 1.95 bits per heavy atom. The van der Waals surface area contributed by atoms with Crippen molar-refractivity contribution >= 4 is 53.4 Å². The molecule has 0 radical (unpaired) electrons. The van der Waals surface area contributed by atoms with E-state index in [9.17, 15) is 38.7 Å². The van der Waals surface area contributed by atoms with Crippen molar-refractivity contribution in [3.8, 4) is 0 Å². The minimum atomic E-state index is -2.42. The number of ether oxygens (including phenoxy) is 8. The largest absolute Gasteiger partial charge is 0.459 e. The zero-order chi connectivity index (χ0) is 41.2. The Labute approximate surface area is 324 Å². The lowest BCUT2D eigenvalue weighted by atomic mass is 9.51. The van der Waals surface area contributed by atoms with Crippen molar-refractivity contribution in [2.45, 2.75) is 123 Å². The summed E-state index contributed by atoms with van der Waals surface area (Å²) in [6, 6.07) is 0. The summed E-state index contributed by atoms with van der Waals surface area (Å²) < 4.78 is 47.0. The van der Waals surface area contributed by atoms with Crippen LogP contribution < -0.4 is 0 Å². The van der Waals surface area contributed by atoms with E-state index < -0.39 is 113 Å². The average molecular weight is 799 g/mol. The number of fused-ring (bicyclic) bond motifs is 3. The molecule has 306 valence electrons. The Hall–Kier alpha value is -4.02. The summed E-state index contributed by atoms with van der Waals surface area (Å²) >= 11 is 6.33. The quantitative estimate of drug-likeness (QED) is 0.130. The third-order valence-electron chi connectivity index (χ3n) is 10.4. The molecule has 1 N–H and O–H groups in total. The molecule has 0 aromatic heterocycles. The molecule has 0 bridgehead atoms. The predicted octanol–water partition coefficient (Wildman–Crippen LogP) is 2.67. The molecule has 2 aliphatic heterocycles. The van der Waals surface area contributed by atoms with Crippen LogP contribution >= 0.6 is 11.6 Å². The molecule has 2 heterocycles. The number of allylic oxidation sites excluding steroid dienone is 2. The fourth-order valence-electron chi connectivity index (χ4n) is 7.97. The molecule has 55 heavy (non-hydrogen) atoms. The van der Waals surface area contributed by atoms with Gasteiger partial charge in [-0.05, 0) is 36.5 Å². The zero-order valence-electron chi connectivity index (χ0n) is 32.5. The van der Waals surface area contributed by atoms with Gasteiger partial charge in [-0.2, -0.15) is 0 Å². The molecule has 11 unspecified atom stereocenters. The molecule has 4 rings (SSSR count). The second kappa shape index (κ2) is 17.0. The number of rotatable bonds is 12. The number of aliphatic hydroxyl groups is 1. The van der Waals surface area contributed by atoms with E-state index in [-0.39, 0.29) is 42.7 Å². The summed E-state index contributed by atoms with van der Waals surface area (Å²) in [5, 5.41) is 12.9. The lowest BCUT2D eigenvalue weighted by Crippen LogP contribution is -2.76. The van der Waals surface area contributed by atoms with Gasteiger partial charge in [0.25, 0.3) is 0 Å². The lowest BCUT2D eigenvalue weighted by molar-refractivity contribution is -0.279. The molecule has 0 aromatic carbocycles. The van der Waals surface area contributed by atoms with Gasteiger partial charge < -0.3 is 43.0 Å². The number of carbonyl (C=O) groups excluding carboxylic acids is 7. The van der Waals surface area contributed by atoms with Crippen LogP contribution in [0.2, 0.25) is 0 Å². The van der Waals surface area contributed by atoms with Crippen molar-refractivity contribution < 1.29 is 76.6 Å². The van der Waals surface area contributed by atoms with Gasteiger partial charge in [0.1, 0.15) is 17.8 Å². The molecule has 3 fully saturated rings. The van der Waals surface area contributed by atoms with E-state index in [2.05, 4.69) is 0 Å². The van der Waals surface area contributed by atoms with E-state index in [4.69, 9.17) is 49.5 Å². The van der Waals surface area contributed by atoms with E-state index in [0.29, 0.717) is 0 Å². The van der Waals surface area contributed by atoms with Crippen molar-refractivity contribution in [3.05, 3.63) is 23.8 Å². The van der Waals surface area contributed by atoms with Crippen LogP contribution in [0.4, 0.5) is 0 Å². The molecular formula is C38H51ClO16. The SMILES string of the molecule is CC(=O)OC1C(OC(=O)CC(C)C)C2(CO2)C2C(OC(C)=O)C3(O)C(C=C(CCl)C=CC(OC(=O)COC(=O)CC(C)C)C2(C)C1OC(C)=O)OC(=O)C3C. The number of halogens is 1. The molecule has 0 aromatic rings. The maximum atomic E-state index is 13.6. The Morgan fingerprint density at radius 2 is 1.42 bits per heavy atom. The van der Waals surface area contributed by atoms with Gasteiger partial charge in [0.2, 0.25) is 0 Å². The first-order valence-corrected chi connectivity index (χ1v) is 18.7. The van der Waals surface area contributed by atoms with Crippen molar-refractivity contribution in [2.75, 3.05) is 19.1 Å². The van der Waals surface area contributed by atoms with Gasteiger partial charge in [-0.15, -0.1) is 11.6 Å². The molecule has 0 amide bonds. The van der Waals surface area contributed by atoms with Crippen molar-refractivity contribution in [3.63, 3.8) is 0 Å². The predicted molar refractivity (Wildman–Crippen MR) is 189 cm³/mol. The van der Waals surface area contributed by atoms with Gasteiger partial charge in [-0.25, -0.2) is 4.79 Å². The summed E-state index contributed by atoms with van der Waals surface area (Å²) in [7, 11) is 0. The Kier molecular flexibility index (Phi) is 13.5. The summed E-state index contributed by atoms with van der Waals surface area (Å²) in [5.74, 6) is -9.44. The molecule has 2 saturated heterocycles. The molecule has 2 aliphatic carbocycles. The van der Waals surface area contributed by atoms with Gasteiger partial charge in [-0.3, -0.25) is 28.8 Å². The number of alkyl halides is 1. The molecule has 16 nitrogen and oxygen atoms in total. The van der Waals surface area contributed by atoms with E-state index in [1.807, 2.05) is 0 Å². The van der Waals surface area contributed by atoms with Gasteiger partial charge in [0, 0.05) is 45.4 Å². The van der Waals surface area contributed by atoms with Gasteiger partial charge in [0.15, 0.2) is 36.6 Å². The number of esters is 7. The first-order valence-electron chi connectivity index (χ1n) is 18.2. The molecule has 17 heteroatoms. The van der Waals surface area contributed by atoms with E-state index in [1.54, 1.807) is 27.7 Å². The zero-order valence-corrected chi connectivity index (χ0v) is 33.2. The van der Waals surface area contributed by atoms with Crippen LogP contribution in [-0.2, 0) is 71.5 Å². The highest BCUT2D eigenvalue weighted by molar-refractivity contribution is 6.19. The van der Waals surface area contributed by atoms with Gasteiger partial charge in [-0.1, -0.05) is 40.7 Å². The topological polar surface area (TPSA) is 217 Å². The monoisotopic (exact) mass is 798 g/mol. The Balaban J connectivity index is 2.08. The van der Waals surface area contributed by atoms with Crippen LogP contribution in [0.25, 0.3) is 0 Å². The molecule has 1 spiro atoms. The minimum Gasteiger partial charge on any atom is -0.459 e. The molecular weight excluding hydrogens is 748 g/mol. The fraction of sp³-hybridized carbons (Fsp3) is 0.711. The highest BCUT2D eigenvalue weighted by Crippen LogP contribution is 2.63. The van der Waals surface area contributed by atoms with Crippen molar-refractivity contribution in [2.24, 2.45) is 29.1 Å². The van der Waals surface area contributed by atoms with Gasteiger partial charge in [0.05, 0.1) is 17.9 Å². The third-order valence-corrected chi connectivity index (χ3v) is 10.7.